The molecule has 2 rings (SSSR count). The van der Waals surface area contributed by atoms with Gasteiger partial charge in [-0.15, -0.1) is 0 Å². The highest BCUT2D eigenvalue weighted by molar-refractivity contribution is 7.92. The number of carbonyl (C=O) groups is 2. The van der Waals surface area contributed by atoms with Gasteiger partial charge in [0.15, 0.2) is 0 Å². The number of nitrogens with one attached hydrogen (secondary N) is 1. The van der Waals surface area contributed by atoms with Crippen LogP contribution in [-0.2, 0) is 26.0 Å². The summed E-state index contributed by atoms with van der Waals surface area (Å²) in [5.74, 6) is -0.0946. The Hall–Kier alpha value is -3.27. The molecule has 0 saturated heterocycles. The van der Waals surface area contributed by atoms with Crippen LogP contribution in [0.4, 0.5) is 5.69 Å². The van der Waals surface area contributed by atoms with Crippen molar-refractivity contribution in [2.45, 2.75) is 39.3 Å². The van der Waals surface area contributed by atoms with Gasteiger partial charge in [-0.2, -0.15) is 0 Å². The van der Waals surface area contributed by atoms with Crippen LogP contribution in [-0.4, -0.2) is 70.8 Å². The van der Waals surface area contributed by atoms with Gasteiger partial charge in [-0.3, -0.25) is 13.9 Å². The lowest BCUT2D eigenvalue weighted by molar-refractivity contribution is -0.139. The standard InChI is InChI=1S/C25H35N3O6S/c1-18(2)26-25(30)19(3)27(15-14-20-10-8-7-9-11-20)24(29)17-28(35(6,31)32)22-13-12-21(33-4)16-23(22)34-5/h7-13,16,18-19H,14-15,17H2,1-6H3,(H,26,30)/t19-/m0/s1. The average Bonchev–Trinajstić information content (AvgIpc) is 2.81. The number of amides is 2. The minimum atomic E-state index is -3.87. The number of hydrogen-bond donors (Lipinski definition) is 1. The molecule has 2 aromatic carbocycles. The molecule has 0 saturated carbocycles. The molecule has 192 valence electrons. The van der Waals surface area contributed by atoms with E-state index in [9.17, 15) is 18.0 Å². The lowest BCUT2D eigenvalue weighted by Gasteiger charge is -2.32. The number of sulfonamides is 1. The number of carbonyl (C=O) groups excluding carboxylic acids is 2. The summed E-state index contributed by atoms with van der Waals surface area (Å²) in [7, 11) is -0.972. The van der Waals surface area contributed by atoms with E-state index in [2.05, 4.69) is 5.32 Å². The zero-order valence-corrected chi connectivity index (χ0v) is 22.0. The molecule has 9 nitrogen and oxygen atoms in total. The van der Waals surface area contributed by atoms with E-state index in [1.165, 1.54) is 25.2 Å². The zero-order chi connectivity index (χ0) is 26.2. The highest BCUT2D eigenvalue weighted by atomic mass is 32.2. The minimum Gasteiger partial charge on any atom is -0.497 e. The fourth-order valence-corrected chi connectivity index (χ4v) is 4.41. The van der Waals surface area contributed by atoms with Crippen molar-refractivity contribution in [3.05, 3.63) is 54.1 Å². The third kappa shape index (κ3) is 7.88. The van der Waals surface area contributed by atoms with Crippen molar-refractivity contribution in [3.63, 3.8) is 0 Å². The van der Waals surface area contributed by atoms with Gasteiger partial charge in [-0.25, -0.2) is 8.42 Å². The molecule has 10 heteroatoms. The summed E-state index contributed by atoms with van der Waals surface area (Å²) in [5, 5.41) is 2.82. The topological polar surface area (TPSA) is 105 Å². The molecule has 0 unspecified atom stereocenters. The Balaban J connectivity index is 2.38. The van der Waals surface area contributed by atoms with E-state index in [0.717, 1.165) is 16.1 Å². The van der Waals surface area contributed by atoms with Crippen LogP contribution in [0.25, 0.3) is 0 Å². The van der Waals surface area contributed by atoms with Crippen LogP contribution in [0.3, 0.4) is 0 Å². The molecule has 1 N–H and O–H groups in total. The SMILES string of the molecule is COc1ccc(N(CC(=O)N(CCc2ccccc2)[C@@H](C)C(=O)NC(C)C)S(C)(=O)=O)c(OC)c1. The largest absolute Gasteiger partial charge is 0.497 e. The third-order valence-corrected chi connectivity index (χ3v) is 6.54. The predicted octanol–water partition coefficient (Wildman–Crippen LogP) is 2.45. The number of ether oxygens (including phenoxy) is 2. The first-order chi connectivity index (χ1) is 16.5. The zero-order valence-electron chi connectivity index (χ0n) is 21.1. The molecule has 2 amide bonds. The third-order valence-electron chi connectivity index (χ3n) is 5.42. The fourth-order valence-electron chi connectivity index (χ4n) is 3.56. The second kappa shape index (κ2) is 12.4. The summed E-state index contributed by atoms with van der Waals surface area (Å²) in [6.07, 6.45) is 1.53. The number of hydrogen-bond acceptors (Lipinski definition) is 6. The molecular weight excluding hydrogens is 470 g/mol. The van der Waals surface area contributed by atoms with Crippen molar-refractivity contribution < 1.29 is 27.5 Å². The molecule has 2 aromatic rings. The lowest BCUT2D eigenvalue weighted by Crippen LogP contribution is -2.53. The van der Waals surface area contributed by atoms with Gasteiger partial charge in [0, 0.05) is 18.7 Å². The van der Waals surface area contributed by atoms with Gasteiger partial charge in [0.1, 0.15) is 24.1 Å². The van der Waals surface area contributed by atoms with Crippen molar-refractivity contribution in [3.8, 4) is 11.5 Å². The lowest BCUT2D eigenvalue weighted by atomic mass is 10.1. The number of benzene rings is 2. The smallest absolute Gasteiger partial charge is 0.244 e. The van der Waals surface area contributed by atoms with Crippen molar-refractivity contribution in [1.82, 2.24) is 10.2 Å². The summed E-state index contributed by atoms with van der Waals surface area (Å²) in [6, 6.07) is 13.3. The Labute approximate surface area is 208 Å². The van der Waals surface area contributed by atoms with Gasteiger partial charge in [0.2, 0.25) is 21.8 Å². The highest BCUT2D eigenvalue weighted by Crippen LogP contribution is 2.33. The average molecular weight is 506 g/mol. The van der Waals surface area contributed by atoms with E-state index in [1.54, 1.807) is 19.1 Å². The summed E-state index contributed by atoms with van der Waals surface area (Å²) in [6.45, 7) is 5.06. The normalized spacial score (nSPS) is 12.1. The second-order valence-corrected chi connectivity index (χ2v) is 10.4. The van der Waals surface area contributed by atoms with Crippen molar-refractivity contribution in [2.24, 2.45) is 0 Å². The molecule has 0 spiro atoms. The molecule has 0 aliphatic heterocycles. The summed E-state index contributed by atoms with van der Waals surface area (Å²) in [4.78, 5) is 27.7. The molecule has 0 fully saturated rings. The second-order valence-electron chi connectivity index (χ2n) is 8.47. The van der Waals surface area contributed by atoms with Gasteiger partial charge in [0.25, 0.3) is 0 Å². The number of rotatable bonds is 12. The van der Waals surface area contributed by atoms with E-state index in [1.807, 2.05) is 44.2 Å². The molecule has 0 radical (unpaired) electrons. The van der Waals surface area contributed by atoms with E-state index >= 15 is 0 Å². The summed E-state index contributed by atoms with van der Waals surface area (Å²) < 4.78 is 37.0. The van der Waals surface area contributed by atoms with Gasteiger partial charge in [-0.1, -0.05) is 30.3 Å². The Morgan fingerprint density at radius 3 is 2.20 bits per heavy atom. The maximum absolute atomic E-state index is 13.5. The maximum atomic E-state index is 13.5. The van der Waals surface area contributed by atoms with Crippen LogP contribution >= 0.6 is 0 Å². The molecule has 1 atom stereocenters. The van der Waals surface area contributed by atoms with Gasteiger partial charge < -0.3 is 19.7 Å². The highest BCUT2D eigenvalue weighted by Gasteiger charge is 2.31. The van der Waals surface area contributed by atoms with E-state index < -0.39 is 28.5 Å². The van der Waals surface area contributed by atoms with Crippen LogP contribution in [0, 0.1) is 0 Å². The van der Waals surface area contributed by atoms with Gasteiger partial charge >= 0.3 is 0 Å². The van der Waals surface area contributed by atoms with Crippen molar-refractivity contribution in [2.75, 3.05) is 37.9 Å². The van der Waals surface area contributed by atoms with Crippen LogP contribution in [0.15, 0.2) is 48.5 Å². The summed E-state index contributed by atoms with van der Waals surface area (Å²) >= 11 is 0. The molecule has 0 heterocycles. The first-order valence-corrected chi connectivity index (χ1v) is 13.2. The van der Waals surface area contributed by atoms with Crippen LogP contribution in [0.2, 0.25) is 0 Å². The number of nitrogens with zero attached hydrogens (tertiary/aromatic N) is 2. The molecule has 0 aromatic heterocycles. The maximum Gasteiger partial charge on any atom is 0.244 e. The van der Waals surface area contributed by atoms with Crippen LogP contribution in [0.5, 0.6) is 11.5 Å². The summed E-state index contributed by atoms with van der Waals surface area (Å²) in [5.41, 5.74) is 1.20. The fraction of sp³-hybridized carbons (Fsp3) is 0.440. The monoisotopic (exact) mass is 505 g/mol. The molecule has 35 heavy (non-hydrogen) atoms. The molecular formula is C25H35N3O6S. The number of anilines is 1. The quantitative estimate of drug-likeness (QED) is 0.475. The Morgan fingerprint density at radius 1 is 1.00 bits per heavy atom. The molecule has 0 aliphatic rings. The first kappa shape index (κ1) is 28.0. The van der Waals surface area contributed by atoms with E-state index in [4.69, 9.17) is 9.47 Å². The predicted molar refractivity (Wildman–Crippen MR) is 136 cm³/mol. The van der Waals surface area contributed by atoms with Gasteiger partial charge in [0.05, 0.1) is 26.2 Å². The van der Waals surface area contributed by atoms with Crippen molar-refractivity contribution in [1.29, 1.82) is 0 Å². The first-order valence-electron chi connectivity index (χ1n) is 11.3. The van der Waals surface area contributed by atoms with Crippen LogP contribution in [0.1, 0.15) is 26.3 Å². The van der Waals surface area contributed by atoms with Gasteiger partial charge in [-0.05, 0) is 44.9 Å². The minimum absolute atomic E-state index is 0.105. The molecule has 0 aliphatic carbocycles. The van der Waals surface area contributed by atoms with Crippen molar-refractivity contribution >= 4 is 27.5 Å². The van der Waals surface area contributed by atoms with E-state index in [-0.39, 0.29) is 29.9 Å². The van der Waals surface area contributed by atoms with E-state index in [0.29, 0.717) is 12.2 Å². The molecule has 0 bridgehead atoms. The van der Waals surface area contributed by atoms with Crippen LogP contribution < -0.4 is 19.1 Å². The Bertz CT molecular complexity index is 1110. The Morgan fingerprint density at radius 2 is 1.66 bits per heavy atom. The number of methoxy groups -OCH3 is 2. The Kier molecular flexibility index (Phi) is 9.94.